The molecule has 1 aromatic rings. The molecule has 4 nitrogen and oxygen atoms in total. The van der Waals surface area contributed by atoms with Gasteiger partial charge in [-0.25, -0.2) is 0 Å². The van der Waals surface area contributed by atoms with E-state index in [-0.39, 0.29) is 0 Å². The van der Waals surface area contributed by atoms with Gasteiger partial charge in [-0.15, -0.1) is 0 Å². The minimum Gasteiger partial charge on any atom is -0.487 e. The lowest BCUT2D eigenvalue weighted by molar-refractivity contribution is -0.0363. The molecule has 4 heteroatoms. The Morgan fingerprint density at radius 2 is 1.69 bits per heavy atom. The van der Waals surface area contributed by atoms with Crippen molar-refractivity contribution in [3.8, 4) is 11.5 Å². The molecule has 0 saturated carbocycles. The van der Waals surface area contributed by atoms with Crippen LogP contribution in [0.25, 0.3) is 0 Å². The van der Waals surface area contributed by atoms with Gasteiger partial charge in [0, 0.05) is 19.6 Å². The molecule has 2 aliphatic heterocycles. The van der Waals surface area contributed by atoms with Crippen LogP contribution in [0.1, 0.15) is 0 Å². The van der Waals surface area contributed by atoms with Crippen LogP contribution in [0.5, 0.6) is 11.5 Å². The van der Waals surface area contributed by atoms with E-state index in [2.05, 4.69) is 4.90 Å². The zero-order chi connectivity index (χ0) is 11.0. The van der Waals surface area contributed by atoms with Crippen molar-refractivity contribution >= 4 is 0 Å². The maximum atomic E-state index is 10.3. The number of hydrogen-bond acceptors (Lipinski definition) is 4. The highest BCUT2D eigenvalue weighted by atomic mass is 16.6. The lowest BCUT2D eigenvalue weighted by Gasteiger charge is -2.25. The summed E-state index contributed by atoms with van der Waals surface area (Å²) in [5.74, 6) is 1.42. The van der Waals surface area contributed by atoms with Crippen LogP contribution >= 0.6 is 0 Å². The topological polar surface area (TPSA) is 41.7 Å². The zero-order valence-corrected chi connectivity index (χ0v) is 9.06. The van der Waals surface area contributed by atoms with Crippen molar-refractivity contribution in [2.45, 2.75) is 5.60 Å². The molecule has 0 aliphatic carbocycles. The van der Waals surface area contributed by atoms with Gasteiger partial charge in [-0.05, 0) is 12.1 Å². The molecule has 0 atom stereocenters. The van der Waals surface area contributed by atoms with Gasteiger partial charge in [0.15, 0.2) is 11.5 Å². The predicted octanol–water partition coefficient (Wildman–Crippen LogP) is 0.504. The fourth-order valence-electron chi connectivity index (χ4n) is 1.89. The summed E-state index contributed by atoms with van der Waals surface area (Å²) in [6, 6.07) is 7.52. The van der Waals surface area contributed by atoms with E-state index < -0.39 is 5.60 Å². The third-order valence-corrected chi connectivity index (χ3v) is 2.90. The van der Waals surface area contributed by atoms with Gasteiger partial charge in [0.25, 0.3) is 0 Å². The Bertz CT molecular complexity index is 363. The number of rotatable bonds is 2. The summed E-state index contributed by atoms with van der Waals surface area (Å²) in [5, 5.41) is 10.3. The lowest BCUT2D eigenvalue weighted by atomic mass is 10.1. The molecule has 1 fully saturated rings. The van der Waals surface area contributed by atoms with E-state index >= 15 is 0 Å². The molecule has 16 heavy (non-hydrogen) atoms. The SMILES string of the molecule is OC1(CN2CC2)COc2ccccc2OC1. The minimum absolute atomic E-state index is 0.292. The molecule has 1 N–H and O–H groups in total. The van der Waals surface area contributed by atoms with Crippen molar-refractivity contribution in [2.75, 3.05) is 32.8 Å². The van der Waals surface area contributed by atoms with Gasteiger partial charge in [0.05, 0.1) is 0 Å². The van der Waals surface area contributed by atoms with Crippen LogP contribution in [0, 0.1) is 0 Å². The number of nitrogens with zero attached hydrogens (tertiary/aromatic N) is 1. The molecule has 0 spiro atoms. The van der Waals surface area contributed by atoms with Crippen LogP contribution in [-0.2, 0) is 0 Å². The van der Waals surface area contributed by atoms with Gasteiger partial charge in [0.2, 0.25) is 0 Å². The lowest BCUT2D eigenvalue weighted by Crippen LogP contribution is -2.46. The fourth-order valence-corrected chi connectivity index (χ4v) is 1.89. The summed E-state index contributed by atoms with van der Waals surface area (Å²) < 4.78 is 11.2. The molecule has 0 bridgehead atoms. The Hall–Kier alpha value is -1.26. The van der Waals surface area contributed by atoms with Crippen LogP contribution in [-0.4, -0.2) is 48.5 Å². The van der Waals surface area contributed by atoms with E-state index in [1.807, 2.05) is 24.3 Å². The highest BCUT2D eigenvalue weighted by molar-refractivity contribution is 5.40. The van der Waals surface area contributed by atoms with E-state index in [0.29, 0.717) is 31.3 Å². The molecule has 2 aliphatic rings. The van der Waals surface area contributed by atoms with Gasteiger partial charge in [-0.2, -0.15) is 0 Å². The van der Waals surface area contributed by atoms with Crippen molar-refractivity contribution in [3.05, 3.63) is 24.3 Å². The first kappa shape index (κ1) is 9.93. The fraction of sp³-hybridized carbons (Fsp3) is 0.500. The first-order chi connectivity index (χ1) is 7.75. The minimum atomic E-state index is -0.893. The van der Waals surface area contributed by atoms with Gasteiger partial charge in [0.1, 0.15) is 18.8 Å². The first-order valence-corrected chi connectivity index (χ1v) is 5.55. The average molecular weight is 221 g/mol. The van der Waals surface area contributed by atoms with E-state index in [1.54, 1.807) is 0 Å². The van der Waals surface area contributed by atoms with Crippen LogP contribution in [0.3, 0.4) is 0 Å². The van der Waals surface area contributed by atoms with Crippen molar-refractivity contribution in [3.63, 3.8) is 0 Å². The Balaban J connectivity index is 1.75. The molecular formula is C12H15NO3. The molecular weight excluding hydrogens is 206 g/mol. The van der Waals surface area contributed by atoms with Gasteiger partial charge in [-0.3, -0.25) is 4.90 Å². The number of β-amino-alcohol motifs (C(OH)–C–C–N with tert-alkyl or cyclic N) is 1. The summed E-state index contributed by atoms with van der Waals surface area (Å²) in [6.45, 7) is 3.34. The van der Waals surface area contributed by atoms with Crippen molar-refractivity contribution < 1.29 is 14.6 Å². The number of benzene rings is 1. The standard InChI is InChI=1S/C12H15NO3/c14-12(7-13-5-6-13)8-15-10-3-1-2-4-11(10)16-9-12/h1-4,14H,5-9H2. The number of fused-ring (bicyclic) bond motifs is 1. The Morgan fingerprint density at radius 1 is 1.12 bits per heavy atom. The summed E-state index contributed by atoms with van der Waals surface area (Å²) in [4.78, 5) is 2.17. The smallest absolute Gasteiger partial charge is 0.161 e. The molecule has 0 amide bonds. The normalized spacial score (nSPS) is 22.6. The first-order valence-electron chi connectivity index (χ1n) is 5.55. The molecule has 3 rings (SSSR count). The summed E-state index contributed by atoms with van der Waals surface area (Å²) in [5.41, 5.74) is -0.893. The maximum Gasteiger partial charge on any atom is 0.161 e. The van der Waals surface area contributed by atoms with Gasteiger partial charge in [-0.1, -0.05) is 12.1 Å². The Labute approximate surface area is 94.4 Å². The Morgan fingerprint density at radius 3 is 2.19 bits per heavy atom. The number of hydrogen-bond donors (Lipinski definition) is 1. The van der Waals surface area contributed by atoms with Crippen LogP contribution < -0.4 is 9.47 Å². The summed E-state index contributed by atoms with van der Waals surface area (Å²) >= 11 is 0. The van der Waals surface area contributed by atoms with Crippen molar-refractivity contribution in [1.29, 1.82) is 0 Å². The molecule has 0 unspecified atom stereocenters. The molecule has 1 aromatic carbocycles. The van der Waals surface area contributed by atoms with E-state index in [9.17, 15) is 5.11 Å². The molecule has 1 saturated heterocycles. The number of para-hydroxylation sites is 2. The second kappa shape index (κ2) is 3.64. The maximum absolute atomic E-state index is 10.3. The van der Waals surface area contributed by atoms with Crippen molar-refractivity contribution in [2.24, 2.45) is 0 Å². The van der Waals surface area contributed by atoms with E-state index in [4.69, 9.17) is 9.47 Å². The molecule has 0 radical (unpaired) electrons. The van der Waals surface area contributed by atoms with E-state index in [1.165, 1.54) is 0 Å². The second-order valence-corrected chi connectivity index (χ2v) is 4.52. The highest BCUT2D eigenvalue weighted by Gasteiger charge is 2.37. The van der Waals surface area contributed by atoms with Gasteiger partial charge < -0.3 is 14.6 Å². The Kier molecular flexibility index (Phi) is 2.26. The highest BCUT2D eigenvalue weighted by Crippen LogP contribution is 2.31. The number of ether oxygens (including phenoxy) is 2. The van der Waals surface area contributed by atoms with Crippen LogP contribution in [0.2, 0.25) is 0 Å². The quantitative estimate of drug-likeness (QED) is 0.739. The second-order valence-electron chi connectivity index (χ2n) is 4.52. The summed E-state index contributed by atoms with van der Waals surface area (Å²) in [7, 11) is 0. The van der Waals surface area contributed by atoms with Crippen LogP contribution in [0.4, 0.5) is 0 Å². The average Bonchev–Trinajstić information content (AvgIpc) is 3.09. The van der Waals surface area contributed by atoms with Gasteiger partial charge >= 0.3 is 0 Å². The zero-order valence-electron chi connectivity index (χ0n) is 9.06. The summed E-state index contributed by atoms with van der Waals surface area (Å²) in [6.07, 6.45) is 0. The molecule has 86 valence electrons. The van der Waals surface area contributed by atoms with Crippen LogP contribution in [0.15, 0.2) is 24.3 Å². The third-order valence-electron chi connectivity index (χ3n) is 2.90. The third kappa shape index (κ3) is 1.99. The molecule has 0 aromatic heterocycles. The predicted molar refractivity (Wildman–Crippen MR) is 58.8 cm³/mol. The number of aliphatic hydroxyl groups is 1. The van der Waals surface area contributed by atoms with E-state index in [0.717, 1.165) is 13.1 Å². The molecule has 2 heterocycles. The van der Waals surface area contributed by atoms with Crippen molar-refractivity contribution in [1.82, 2.24) is 4.90 Å². The monoisotopic (exact) mass is 221 g/mol. The largest absolute Gasteiger partial charge is 0.487 e.